The molecule has 1 fully saturated rings. The number of ketones is 1. The van der Waals surface area contributed by atoms with Gasteiger partial charge in [0.1, 0.15) is 0 Å². The molecule has 1 aliphatic rings. The predicted octanol–water partition coefficient (Wildman–Crippen LogP) is 5.15. The van der Waals surface area contributed by atoms with Crippen molar-refractivity contribution in [1.29, 1.82) is 0 Å². The molecule has 0 heterocycles. The van der Waals surface area contributed by atoms with Crippen LogP contribution in [0.2, 0.25) is 0 Å². The van der Waals surface area contributed by atoms with Gasteiger partial charge in [0, 0.05) is 12.0 Å². The molecule has 0 saturated heterocycles. The van der Waals surface area contributed by atoms with Crippen LogP contribution in [0.1, 0.15) is 60.9 Å². The number of aryl methyl sites for hydroxylation is 1. The quantitative estimate of drug-likeness (QED) is 0.774. The molecule has 126 valence electrons. The molecule has 2 aromatic rings. The van der Waals surface area contributed by atoms with Gasteiger partial charge in [-0.1, -0.05) is 61.2 Å². The Morgan fingerprint density at radius 2 is 1.79 bits per heavy atom. The first-order valence-corrected chi connectivity index (χ1v) is 8.74. The minimum atomic E-state index is -0.793. The molecule has 0 bridgehead atoms. The van der Waals surface area contributed by atoms with E-state index in [1.807, 2.05) is 37.3 Å². The average molecular weight is 324 g/mol. The van der Waals surface area contributed by atoms with Crippen LogP contribution >= 0.6 is 0 Å². The molecule has 3 nitrogen and oxygen atoms in total. The Kier molecular flexibility index (Phi) is 4.70. The topological polar surface area (TPSA) is 54.4 Å². The number of benzene rings is 2. The molecule has 0 aliphatic heterocycles. The molecule has 1 aliphatic carbocycles. The van der Waals surface area contributed by atoms with Gasteiger partial charge in [0.25, 0.3) is 0 Å². The van der Waals surface area contributed by atoms with Gasteiger partial charge in [0.05, 0.1) is 6.42 Å². The van der Waals surface area contributed by atoms with E-state index in [0.29, 0.717) is 6.42 Å². The number of hydrogen-bond donors (Lipinski definition) is 1. The lowest BCUT2D eigenvalue weighted by atomic mass is 9.68. The van der Waals surface area contributed by atoms with Crippen LogP contribution in [0.4, 0.5) is 0 Å². The van der Waals surface area contributed by atoms with E-state index in [4.69, 9.17) is 0 Å². The molecule has 1 saturated carbocycles. The summed E-state index contributed by atoms with van der Waals surface area (Å²) < 4.78 is 0. The molecular formula is C21H24O3. The third-order valence-electron chi connectivity index (χ3n) is 5.31. The highest BCUT2D eigenvalue weighted by molar-refractivity contribution is 6.08. The van der Waals surface area contributed by atoms with E-state index >= 15 is 0 Å². The fraction of sp³-hybridized carbons (Fsp3) is 0.429. The molecule has 0 aromatic heterocycles. The summed E-state index contributed by atoms with van der Waals surface area (Å²) in [6.45, 7) is 2.04. The molecule has 0 spiro atoms. The number of aliphatic carboxylic acids is 1. The summed E-state index contributed by atoms with van der Waals surface area (Å²) in [5, 5.41) is 11.3. The summed E-state index contributed by atoms with van der Waals surface area (Å²) in [7, 11) is 0. The summed E-state index contributed by atoms with van der Waals surface area (Å²) in [6, 6.07) is 11.9. The van der Waals surface area contributed by atoms with Gasteiger partial charge in [-0.05, 0) is 36.0 Å². The molecule has 0 unspecified atom stereocenters. The zero-order chi connectivity index (χ0) is 17.2. The first-order valence-electron chi connectivity index (χ1n) is 8.74. The Morgan fingerprint density at radius 1 is 1.04 bits per heavy atom. The summed E-state index contributed by atoms with van der Waals surface area (Å²) >= 11 is 0. The maximum atomic E-state index is 13.0. The van der Waals surface area contributed by atoms with E-state index in [9.17, 15) is 14.7 Å². The van der Waals surface area contributed by atoms with E-state index in [1.165, 1.54) is 5.56 Å². The van der Waals surface area contributed by atoms with E-state index in [0.717, 1.165) is 48.4 Å². The molecule has 24 heavy (non-hydrogen) atoms. The van der Waals surface area contributed by atoms with Gasteiger partial charge in [-0.2, -0.15) is 0 Å². The Hall–Kier alpha value is -2.16. The maximum Gasteiger partial charge on any atom is 0.303 e. The Bertz CT molecular complexity index is 770. The number of carboxylic acids is 1. The predicted molar refractivity (Wildman–Crippen MR) is 95.4 cm³/mol. The molecule has 2 aromatic carbocycles. The lowest BCUT2D eigenvalue weighted by molar-refractivity contribution is -0.140. The van der Waals surface area contributed by atoms with Crippen molar-refractivity contribution in [3.8, 4) is 0 Å². The van der Waals surface area contributed by atoms with Gasteiger partial charge < -0.3 is 5.11 Å². The highest BCUT2D eigenvalue weighted by Crippen LogP contribution is 2.43. The summed E-state index contributed by atoms with van der Waals surface area (Å²) in [5.41, 5.74) is 1.53. The second-order valence-corrected chi connectivity index (χ2v) is 7.26. The second-order valence-electron chi connectivity index (χ2n) is 7.26. The van der Waals surface area contributed by atoms with Crippen molar-refractivity contribution in [3.63, 3.8) is 0 Å². The van der Waals surface area contributed by atoms with Crippen molar-refractivity contribution in [2.24, 2.45) is 5.41 Å². The zero-order valence-corrected chi connectivity index (χ0v) is 14.2. The van der Waals surface area contributed by atoms with Crippen molar-refractivity contribution >= 4 is 22.5 Å². The number of carbonyl (C=O) groups is 2. The third kappa shape index (κ3) is 3.50. The number of Topliss-reactive ketones (excluding diaryl/α,β-unsaturated/α-hetero) is 1. The maximum absolute atomic E-state index is 13.0. The minimum absolute atomic E-state index is 0.0765. The normalized spacial score (nSPS) is 16.9. The number of carbonyl (C=O) groups excluding carboxylic acids is 1. The summed E-state index contributed by atoms with van der Waals surface area (Å²) in [4.78, 5) is 24.3. The molecule has 0 atom stereocenters. The van der Waals surface area contributed by atoms with E-state index in [2.05, 4.69) is 6.07 Å². The van der Waals surface area contributed by atoms with Gasteiger partial charge in [-0.15, -0.1) is 0 Å². The molecular weight excluding hydrogens is 300 g/mol. The smallest absolute Gasteiger partial charge is 0.303 e. The van der Waals surface area contributed by atoms with Crippen molar-refractivity contribution in [1.82, 2.24) is 0 Å². The molecule has 0 amide bonds. The van der Waals surface area contributed by atoms with E-state index in [1.54, 1.807) is 0 Å². The highest BCUT2D eigenvalue weighted by Gasteiger charge is 2.36. The van der Waals surface area contributed by atoms with Gasteiger partial charge in [0.2, 0.25) is 0 Å². The van der Waals surface area contributed by atoms with Crippen molar-refractivity contribution in [2.45, 2.75) is 51.9 Å². The summed E-state index contributed by atoms with van der Waals surface area (Å²) in [5.74, 6) is -0.717. The Morgan fingerprint density at radius 3 is 2.50 bits per heavy atom. The molecule has 3 heteroatoms. The second kappa shape index (κ2) is 6.76. The van der Waals surface area contributed by atoms with Crippen molar-refractivity contribution in [2.75, 3.05) is 0 Å². The van der Waals surface area contributed by atoms with Gasteiger partial charge in [-0.3, -0.25) is 9.59 Å². The largest absolute Gasteiger partial charge is 0.481 e. The first kappa shape index (κ1) is 16.7. The Labute approximate surface area is 142 Å². The number of hydrogen-bond acceptors (Lipinski definition) is 2. The van der Waals surface area contributed by atoms with Crippen molar-refractivity contribution < 1.29 is 14.7 Å². The number of fused-ring (bicyclic) bond motifs is 1. The van der Waals surface area contributed by atoms with Gasteiger partial charge in [0.15, 0.2) is 5.78 Å². The lowest BCUT2D eigenvalue weighted by Gasteiger charge is -2.35. The lowest BCUT2D eigenvalue weighted by Crippen LogP contribution is -2.30. The highest BCUT2D eigenvalue weighted by atomic mass is 16.4. The third-order valence-corrected chi connectivity index (χ3v) is 5.31. The molecule has 0 radical (unpaired) electrons. The van der Waals surface area contributed by atoms with Gasteiger partial charge >= 0.3 is 5.97 Å². The number of carboxylic acid groups (broad SMARTS) is 1. The number of rotatable bonds is 5. The van der Waals surface area contributed by atoms with E-state index in [-0.39, 0.29) is 17.6 Å². The Balaban J connectivity index is 1.92. The standard InChI is InChI=1S/C21H24O3/c1-15-8-9-17-16(12-15)6-5-7-18(17)19(22)13-21(14-20(23)24)10-3-2-4-11-21/h5-9,12H,2-4,10-11,13-14H2,1H3,(H,23,24). The van der Waals surface area contributed by atoms with Crippen LogP contribution in [0.3, 0.4) is 0 Å². The van der Waals surface area contributed by atoms with Crippen LogP contribution in [-0.2, 0) is 4.79 Å². The molecule has 1 N–H and O–H groups in total. The average Bonchev–Trinajstić information content (AvgIpc) is 2.53. The van der Waals surface area contributed by atoms with Crippen LogP contribution < -0.4 is 0 Å². The fourth-order valence-corrected chi connectivity index (χ4v) is 4.12. The van der Waals surface area contributed by atoms with Crippen LogP contribution in [0, 0.1) is 12.3 Å². The van der Waals surface area contributed by atoms with Crippen LogP contribution in [0.15, 0.2) is 36.4 Å². The van der Waals surface area contributed by atoms with Gasteiger partial charge in [-0.25, -0.2) is 0 Å². The van der Waals surface area contributed by atoms with Crippen LogP contribution in [-0.4, -0.2) is 16.9 Å². The first-order chi connectivity index (χ1) is 11.5. The van der Waals surface area contributed by atoms with Crippen molar-refractivity contribution in [3.05, 3.63) is 47.5 Å². The SMILES string of the molecule is Cc1ccc2c(C(=O)CC3(CC(=O)O)CCCCC3)cccc2c1. The van der Waals surface area contributed by atoms with Crippen LogP contribution in [0.25, 0.3) is 10.8 Å². The molecule has 3 rings (SSSR count). The minimum Gasteiger partial charge on any atom is -0.481 e. The zero-order valence-electron chi connectivity index (χ0n) is 14.2. The monoisotopic (exact) mass is 324 g/mol. The van der Waals surface area contributed by atoms with E-state index < -0.39 is 5.97 Å². The summed E-state index contributed by atoms with van der Waals surface area (Å²) in [6.07, 6.45) is 5.31. The van der Waals surface area contributed by atoms with Crippen LogP contribution in [0.5, 0.6) is 0 Å². The fourth-order valence-electron chi connectivity index (χ4n) is 4.12.